The molecule has 14 heavy (non-hydrogen) atoms. The minimum Gasteiger partial charge on any atom is -0.476 e. The van der Waals surface area contributed by atoms with Gasteiger partial charge in [0.1, 0.15) is 0 Å². The Kier molecular flexibility index (Phi) is 3.23. The Morgan fingerprint density at radius 3 is 2.86 bits per heavy atom. The lowest BCUT2D eigenvalue weighted by Gasteiger charge is -1.96. The van der Waals surface area contributed by atoms with Crippen molar-refractivity contribution >= 4 is 22.5 Å². The molecule has 0 amide bonds. The van der Waals surface area contributed by atoms with Crippen molar-refractivity contribution in [1.29, 1.82) is 0 Å². The molecule has 1 aromatic heterocycles. The molecule has 0 saturated carbocycles. The van der Waals surface area contributed by atoms with E-state index < -0.39 is 16.8 Å². The average Bonchev–Trinajstić information content (AvgIpc) is 2.43. The second kappa shape index (κ2) is 4.23. The van der Waals surface area contributed by atoms with Crippen molar-refractivity contribution in [3.63, 3.8) is 0 Å². The van der Waals surface area contributed by atoms with Crippen molar-refractivity contribution in [2.45, 2.75) is 6.54 Å². The number of hydrogen-bond donors (Lipinski definition) is 2. The molecule has 6 nitrogen and oxygen atoms in total. The smallest absolute Gasteiger partial charge is 0.358 e. The zero-order valence-electron chi connectivity index (χ0n) is 7.64. The van der Waals surface area contributed by atoms with Gasteiger partial charge in [0.05, 0.1) is 12.2 Å². The standard InChI is InChI=1S/C7H11N3O3S/c1-14(13)3-2-10-4-5(8)6(9-10)7(11)12/h4H,2-3,8H2,1H3,(H,11,12). The van der Waals surface area contributed by atoms with Gasteiger partial charge in [-0.05, 0) is 0 Å². The summed E-state index contributed by atoms with van der Waals surface area (Å²) in [5.74, 6) is -0.723. The topological polar surface area (TPSA) is 98.2 Å². The number of carboxylic acid groups (broad SMARTS) is 1. The van der Waals surface area contributed by atoms with Crippen LogP contribution in [0.25, 0.3) is 0 Å². The van der Waals surface area contributed by atoms with Crippen molar-refractivity contribution in [2.75, 3.05) is 17.7 Å². The van der Waals surface area contributed by atoms with E-state index in [1.54, 1.807) is 6.26 Å². The Bertz CT molecular complexity index is 374. The fourth-order valence-electron chi connectivity index (χ4n) is 0.940. The lowest BCUT2D eigenvalue weighted by atomic mass is 10.4. The third kappa shape index (κ3) is 2.56. The normalized spacial score (nSPS) is 12.6. The molecule has 0 aliphatic heterocycles. The summed E-state index contributed by atoms with van der Waals surface area (Å²) in [6.07, 6.45) is 3.00. The van der Waals surface area contributed by atoms with Gasteiger partial charge in [-0.2, -0.15) is 5.10 Å². The van der Waals surface area contributed by atoms with Gasteiger partial charge in [-0.25, -0.2) is 4.79 Å². The molecule has 78 valence electrons. The van der Waals surface area contributed by atoms with Gasteiger partial charge in [0.25, 0.3) is 0 Å². The van der Waals surface area contributed by atoms with E-state index in [2.05, 4.69) is 5.10 Å². The number of aryl methyl sites for hydroxylation is 1. The number of aromatic nitrogens is 2. The Morgan fingerprint density at radius 1 is 1.79 bits per heavy atom. The van der Waals surface area contributed by atoms with Gasteiger partial charge in [-0.3, -0.25) is 8.89 Å². The number of rotatable bonds is 4. The van der Waals surface area contributed by atoms with Crippen molar-refractivity contribution in [3.05, 3.63) is 11.9 Å². The number of nitrogen functional groups attached to an aromatic ring is 1. The van der Waals surface area contributed by atoms with Crippen LogP contribution in [0, 0.1) is 0 Å². The predicted molar refractivity (Wildman–Crippen MR) is 52.5 cm³/mol. The number of anilines is 1. The minimum atomic E-state index is -1.15. The van der Waals surface area contributed by atoms with Crippen LogP contribution in [0.15, 0.2) is 6.20 Å². The number of nitrogens with two attached hydrogens (primary N) is 1. The number of carboxylic acids is 1. The summed E-state index contributed by atoms with van der Waals surface area (Å²) in [6, 6.07) is 0. The lowest BCUT2D eigenvalue weighted by molar-refractivity contribution is 0.0690. The first-order valence-electron chi connectivity index (χ1n) is 3.87. The third-order valence-corrected chi connectivity index (χ3v) is 2.36. The van der Waals surface area contributed by atoms with E-state index in [4.69, 9.17) is 10.8 Å². The average molecular weight is 217 g/mol. The SMILES string of the molecule is CS(=O)CCn1cc(N)c(C(=O)O)n1. The number of nitrogens with zero attached hydrogens (tertiary/aromatic N) is 2. The summed E-state index contributed by atoms with van der Waals surface area (Å²) < 4.78 is 12.2. The van der Waals surface area contributed by atoms with Crippen molar-refractivity contribution in [1.82, 2.24) is 9.78 Å². The Morgan fingerprint density at radius 2 is 2.43 bits per heavy atom. The first kappa shape index (κ1) is 10.7. The van der Waals surface area contributed by atoms with E-state index >= 15 is 0 Å². The highest BCUT2D eigenvalue weighted by Gasteiger charge is 2.12. The van der Waals surface area contributed by atoms with Gasteiger partial charge in [-0.1, -0.05) is 0 Å². The second-order valence-corrected chi connectivity index (χ2v) is 4.33. The van der Waals surface area contributed by atoms with Crippen LogP contribution in [-0.4, -0.2) is 37.1 Å². The summed E-state index contributed by atoms with van der Waals surface area (Å²) in [7, 11) is -0.923. The van der Waals surface area contributed by atoms with E-state index in [1.165, 1.54) is 10.9 Å². The molecule has 7 heteroatoms. The van der Waals surface area contributed by atoms with E-state index in [0.29, 0.717) is 12.3 Å². The van der Waals surface area contributed by atoms with Crippen molar-refractivity contribution < 1.29 is 14.1 Å². The maximum Gasteiger partial charge on any atom is 0.358 e. The first-order chi connectivity index (χ1) is 6.50. The molecular formula is C7H11N3O3S. The summed E-state index contributed by atoms with van der Waals surface area (Å²) >= 11 is 0. The molecule has 1 aromatic rings. The van der Waals surface area contributed by atoms with Crippen LogP contribution in [0.2, 0.25) is 0 Å². The van der Waals surface area contributed by atoms with Gasteiger partial charge in [0.2, 0.25) is 0 Å². The summed E-state index contributed by atoms with van der Waals surface area (Å²) in [5, 5.41) is 12.4. The van der Waals surface area contributed by atoms with Crippen LogP contribution in [-0.2, 0) is 17.3 Å². The molecule has 1 heterocycles. The summed E-state index contributed by atoms with van der Waals surface area (Å²) in [4.78, 5) is 10.6. The molecule has 1 unspecified atom stereocenters. The van der Waals surface area contributed by atoms with Crippen LogP contribution in [0.3, 0.4) is 0 Å². The molecular weight excluding hydrogens is 206 g/mol. The third-order valence-electron chi connectivity index (χ3n) is 1.60. The molecule has 1 rings (SSSR count). The van der Waals surface area contributed by atoms with Crippen LogP contribution in [0.4, 0.5) is 5.69 Å². The van der Waals surface area contributed by atoms with Crippen LogP contribution < -0.4 is 5.73 Å². The zero-order chi connectivity index (χ0) is 10.7. The van der Waals surface area contributed by atoms with Crippen LogP contribution in [0.1, 0.15) is 10.5 Å². The molecule has 0 bridgehead atoms. The predicted octanol–water partition coefficient (Wildman–Crippen LogP) is -0.458. The molecule has 0 spiro atoms. The van der Waals surface area contributed by atoms with E-state index in [0.717, 1.165) is 0 Å². The van der Waals surface area contributed by atoms with Crippen molar-refractivity contribution in [2.24, 2.45) is 0 Å². The van der Waals surface area contributed by atoms with Crippen LogP contribution in [0.5, 0.6) is 0 Å². The maximum absolute atomic E-state index is 10.8. The van der Waals surface area contributed by atoms with Gasteiger partial charge >= 0.3 is 5.97 Å². The molecule has 0 aliphatic carbocycles. The second-order valence-electron chi connectivity index (χ2n) is 2.78. The van der Waals surface area contributed by atoms with E-state index in [1.807, 2.05) is 0 Å². The maximum atomic E-state index is 10.8. The van der Waals surface area contributed by atoms with Gasteiger partial charge in [0, 0.05) is 29.0 Å². The Hall–Kier alpha value is -1.37. The van der Waals surface area contributed by atoms with Crippen LogP contribution >= 0.6 is 0 Å². The highest BCUT2D eigenvalue weighted by molar-refractivity contribution is 7.84. The fourth-order valence-corrected chi connectivity index (χ4v) is 1.38. The highest BCUT2D eigenvalue weighted by atomic mass is 32.2. The zero-order valence-corrected chi connectivity index (χ0v) is 8.45. The Balaban J connectivity index is 2.76. The summed E-state index contributed by atoms with van der Waals surface area (Å²) in [5.41, 5.74) is 5.37. The monoisotopic (exact) mass is 217 g/mol. The molecule has 1 atom stereocenters. The minimum absolute atomic E-state index is 0.124. The molecule has 0 saturated heterocycles. The summed E-state index contributed by atoms with van der Waals surface area (Å²) in [6.45, 7) is 0.403. The molecule has 0 radical (unpaired) electrons. The Labute approximate surface area is 83.2 Å². The van der Waals surface area contributed by atoms with Gasteiger partial charge < -0.3 is 10.8 Å². The van der Waals surface area contributed by atoms with E-state index in [-0.39, 0.29) is 11.4 Å². The van der Waals surface area contributed by atoms with Crippen molar-refractivity contribution in [3.8, 4) is 0 Å². The number of aromatic carboxylic acids is 1. The fraction of sp³-hybridized carbons (Fsp3) is 0.429. The molecule has 0 fully saturated rings. The highest BCUT2D eigenvalue weighted by Crippen LogP contribution is 2.08. The number of hydrogen-bond acceptors (Lipinski definition) is 4. The molecule has 3 N–H and O–H groups in total. The molecule has 0 aromatic carbocycles. The van der Waals surface area contributed by atoms with Gasteiger partial charge in [-0.15, -0.1) is 0 Å². The molecule has 0 aliphatic rings. The quantitative estimate of drug-likeness (QED) is 0.711. The largest absolute Gasteiger partial charge is 0.476 e. The van der Waals surface area contributed by atoms with E-state index in [9.17, 15) is 9.00 Å². The lowest BCUT2D eigenvalue weighted by Crippen LogP contribution is -2.08. The first-order valence-corrected chi connectivity index (χ1v) is 5.59. The van der Waals surface area contributed by atoms with Gasteiger partial charge in [0.15, 0.2) is 5.69 Å². The number of carbonyl (C=O) groups is 1.